The van der Waals surface area contributed by atoms with E-state index in [4.69, 9.17) is 31.2 Å². The van der Waals surface area contributed by atoms with Crippen LogP contribution >= 0.6 is 11.8 Å². The molecule has 0 radical (unpaired) electrons. The number of nitrogens with zero attached hydrogens (tertiary/aromatic N) is 4. The van der Waals surface area contributed by atoms with Gasteiger partial charge in [0.15, 0.2) is 17.2 Å². The number of fused-ring (bicyclic) bond motifs is 1. The number of carboxylic acid groups (broad SMARTS) is 2. The van der Waals surface area contributed by atoms with E-state index in [-0.39, 0.29) is 73.9 Å². The van der Waals surface area contributed by atoms with Gasteiger partial charge in [0.25, 0.3) is 0 Å². The summed E-state index contributed by atoms with van der Waals surface area (Å²) in [6.07, 6.45) is -0.122. The van der Waals surface area contributed by atoms with Gasteiger partial charge in [-0.15, -0.1) is 0 Å². The number of imidazole rings is 1. The lowest BCUT2D eigenvalue weighted by Crippen LogP contribution is -2.44. The van der Waals surface area contributed by atoms with Crippen molar-refractivity contribution in [2.45, 2.75) is 68.8 Å². The molecule has 3 rings (SSSR count). The molecule has 2 aromatic heterocycles. The Morgan fingerprint density at radius 3 is 2.36 bits per heavy atom. The summed E-state index contributed by atoms with van der Waals surface area (Å²) in [4.78, 5) is 86.4. The molecule has 53 heavy (non-hydrogen) atoms. The first-order chi connectivity index (χ1) is 25.2. The maximum atomic E-state index is 13.1. The van der Waals surface area contributed by atoms with Gasteiger partial charge in [-0.1, -0.05) is 24.3 Å². The Balaban J connectivity index is 1.60. The lowest BCUT2D eigenvalue weighted by molar-refractivity contribution is -0.139. The maximum absolute atomic E-state index is 13.1. The van der Waals surface area contributed by atoms with Gasteiger partial charge < -0.3 is 46.4 Å². The lowest BCUT2D eigenvalue weighted by Gasteiger charge is -2.23. The van der Waals surface area contributed by atoms with Crippen LogP contribution in [0.2, 0.25) is 0 Å². The number of carbonyl (C=O) groups is 5. The zero-order valence-corrected chi connectivity index (χ0v) is 30.9. The third-order valence-corrected chi connectivity index (χ3v) is 9.35. The van der Waals surface area contributed by atoms with Gasteiger partial charge >= 0.3 is 23.6 Å². The number of thioether (sulfide) groups is 1. The largest absolute Gasteiger partial charge is 0.481 e. The Hall–Kier alpha value is -4.85. The Bertz CT molecular complexity index is 1780. The molecule has 0 saturated heterocycles. The van der Waals surface area contributed by atoms with E-state index in [1.165, 1.54) is 23.4 Å². The van der Waals surface area contributed by atoms with Crippen molar-refractivity contribution in [2.24, 2.45) is 5.73 Å². The molecule has 0 bridgehead atoms. The van der Waals surface area contributed by atoms with Crippen LogP contribution in [0, 0.1) is 0 Å². The monoisotopic (exact) mass is 760 g/mol. The quantitative estimate of drug-likeness (QED) is 0.0639. The molecule has 19 heteroatoms. The summed E-state index contributed by atoms with van der Waals surface area (Å²) < 4.78 is 11.9. The van der Waals surface area contributed by atoms with E-state index in [0.717, 1.165) is 11.1 Å². The first-order valence-corrected chi connectivity index (χ1v) is 18.0. The third-order valence-electron chi connectivity index (χ3n) is 8.04. The molecule has 0 saturated carbocycles. The van der Waals surface area contributed by atoms with E-state index in [1.54, 1.807) is 0 Å². The summed E-state index contributed by atoms with van der Waals surface area (Å²) in [7, 11) is 5.24. The van der Waals surface area contributed by atoms with E-state index >= 15 is 0 Å². The molecule has 8 N–H and O–H groups in total. The minimum absolute atomic E-state index is 0.0000128. The van der Waals surface area contributed by atoms with Gasteiger partial charge in [0.2, 0.25) is 5.91 Å². The molecule has 3 atom stereocenters. The van der Waals surface area contributed by atoms with Crippen LogP contribution in [0.1, 0.15) is 49.7 Å². The molecule has 1 amide bonds. The van der Waals surface area contributed by atoms with Gasteiger partial charge in [-0.05, 0) is 38.1 Å². The summed E-state index contributed by atoms with van der Waals surface area (Å²) in [5, 5.41) is 20.4. The van der Waals surface area contributed by atoms with Crippen molar-refractivity contribution in [3.63, 3.8) is 0 Å². The highest BCUT2D eigenvalue weighted by Gasteiger charge is 2.25. The first-order valence-electron chi connectivity index (χ1n) is 16.9. The average Bonchev–Trinajstić information content (AvgIpc) is 3.41. The van der Waals surface area contributed by atoms with Crippen LogP contribution in [0.4, 0.5) is 5.82 Å². The lowest BCUT2D eigenvalue weighted by atomic mass is 10.0. The molecule has 0 aliphatic rings. The van der Waals surface area contributed by atoms with Gasteiger partial charge in [-0.25, -0.2) is 4.79 Å². The number of carbonyl (C=O) groups excluding carboxylic acids is 3. The number of H-pyrrole nitrogens is 1. The van der Waals surface area contributed by atoms with Crippen molar-refractivity contribution in [3.05, 3.63) is 45.9 Å². The van der Waals surface area contributed by atoms with Crippen LogP contribution in [-0.4, -0.2) is 128 Å². The number of nitrogen functional groups attached to an aromatic ring is 1. The maximum Gasteiger partial charge on any atom is 0.328 e. The van der Waals surface area contributed by atoms with Crippen molar-refractivity contribution < 1.29 is 43.7 Å². The predicted molar refractivity (Wildman–Crippen MR) is 197 cm³/mol. The molecular formula is C34H48N8O10S. The normalized spacial score (nSPS) is 13.1. The molecule has 1 aromatic carbocycles. The zero-order chi connectivity index (χ0) is 39.1. The summed E-state index contributed by atoms with van der Waals surface area (Å²) in [5.41, 5.74) is 13.4. The van der Waals surface area contributed by atoms with Crippen LogP contribution in [0.5, 0.6) is 6.01 Å². The van der Waals surface area contributed by atoms with Gasteiger partial charge in [0.1, 0.15) is 23.9 Å². The molecule has 0 aliphatic carbocycles. The number of aromatic nitrogens is 4. The Labute approximate surface area is 310 Å². The number of aryl methyl sites for hydroxylation is 1. The van der Waals surface area contributed by atoms with Gasteiger partial charge in [0.05, 0.1) is 25.6 Å². The van der Waals surface area contributed by atoms with Crippen LogP contribution in [0.3, 0.4) is 0 Å². The second-order valence-electron chi connectivity index (χ2n) is 12.7. The SMILES string of the molecule is COCCOc1nc(N)c2[nH]c(=O)n(Cc3ccc(CCC(=O)CC(CN(C)C)SCC(NC(=O)CCC(N)C(=O)O)C(=O)CCC(=O)O)cc3)c2n1. The fourth-order valence-corrected chi connectivity index (χ4v) is 6.64. The molecule has 18 nitrogen and oxygen atoms in total. The second kappa shape index (κ2) is 21.0. The number of nitrogens with one attached hydrogen (secondary N) is 2. The Morgan fingerprint density at radius 2 is 1.72 bits per heavy atom. The number of ketones is 2. The van der Waals surface area contributed by atoms with Crippen molar-refractivity contribution in [3.8, 4) is 6.01 Å². The summed E-state index contributed by atoms with van der Waals surface area (Å²) in [6.45, 7) is 1.24. The second-order valence-corrected chi connectivity index (χ2v) is 14.0. The van der Waals surface area contributed by atoms with Crippen molar-refractivity contribution in [1.29, 1.82) is 0 Å². The van der Waals surface area contributed by atoms with Crippen molar-refractivity contribution >= 4 is 58.2 Å². The Kier molecular flexibility index (Phi) is 16.9. The van der Waals surface area contributed by atoms with Crippen LogP contribution < -0.4 is 27.2 Å². The number of aromatic amines is 1. The number of hydrogen-bond donors (Lipinski definition) is 6. The van der Waals surface area contributed by atoms with E-state index in [0.29, 0.717) is 30.7 Å². The zero-order valence-electron chi connectivity index (χ0n) is 30.0. The highest BCUT2D eigenvalue weighted by atomic mass is 32.2. The van der Waals surface area contributed by atoms with Crippen LogP contribution in [0.25, 0.3) is 11.2 Å². The number of Topliss-reactive ketones (excluding diaryl/α,β-unsaturated/α-hetero) is 2. The molecule has 290 valence electrons. The van der Waals surface area contributed by atoms with Gasteiger partial charge in [-0.2, -0.15) is 21.7 Å². The smallest absolute Gasteiger partial charge is 0.328 e. The molecule has 3 unspecified atom stereocenters. The molecule has 0 fully saturated rings. The Morgan fingerprint density at radius 1 is 1.02 bits per heavy atom. The standard InChI is InChI=1S/C34H48N8O10S/c1-41(2)18-23(53-19-25(26(44)11-13-28(46)47)37-27(45)12-10-24(35)32(48)49)16-22(43)9-8-20-4-6-21(7-5-20)17-42-31-29(38-34(42)50)30(36)39-33(40-31)52-15-14-51-3/h4-7,23-25H,8-19,35H2,1-3H3,(H,37,45)(H,38,50)(H,46,47)(H,48,49)(H2,36,39,40). The summed E-state index contributed by atoms with van der Waals surface area (Å²) in [5.74, 6) is -3.28. The average molecular weight is 761 g/mol. The highest BCUT2D eigenvalue weighted by molar-refractivity contribution is 8.00. The summed E-state index contributed by atoms with van der Waals surface area (Å²) >= 11 is 1.33. The highest BCUT2D eigenvalue weighted by Crippen LogP contribution is 2.21. The van der Waals surface area contributed by atoms with E-state index < -0.39 is 47.8 Å². The number of carboxylic acids is 2. The van der Waals surface area contributed by atoms with Crippen LogP contribution in [0.15, 0.2) is 29.1 Å². The molecule has 0 aliphatic heterocycles. The number of benzene rings is 1. The van der Waals surface area contributed by atoms with Gasteiger partial charge in [0, 0.05) is 50.3 Å². The molecular weight excluding hydrogens is 712 g/mol. The first kappa shape index (κ1) is 42.6. The fraction of sp³-hybridized carbons (Fsp3) is 0.529. The fourth-order valence-electron chi connectivity index (χ4n) is 5.20. The van der Waals surface area contributed by atoms with Gasteiger partial charge in [-0.3, -0.25) is 28.5 Å². The number of methoxy groups -OCH3 is 1. The van der Waals surface area contributed by atoms with Crippen molar-refractivity contribution in [1.82, 2.24) is 29.7 Å². The van der Waals surface area contributed by atoms with E-state index in [9.17, 15) is 28.8 Å². The molecule has 2 heterocycles. The predicted octanol–water partition coefficient (Wildman–Crippen LogP) is 0.441. The van der Waals surface area contributed by atoms with Crippen molar-refractivity contribution in [2.75, 3.05) is 52.5 Å². The number of nitrogens with two attached hydrogens (primary N) is 2. The van der Waals surface area contributed by atoms with E-state index in [1.807, 2.05) is 43.3 Å². The third kappa shape index (κ3) is 14.2. The molecule has 0 spiro atoms. The van der Waals surface area contributed by atoms with E-state index in [2.05, 4.69) is 20.3 Å². The topological polar surface area (TPSA) is 275 Å². The summed E-state index contributed by atoms with van der Waals surface area (Å²) in [6, 6.07) is 5.26. The number of rotatable bonds is 25. The minimum Gasteiger partial charge on any atom is -0.481 e. The molecule has 3 aromatic rings. The number of ether oxygens (including phenoxy) is 2. The number of amides is 1. The van der Waals surface area contributed by atoms with Crippen LogP contribution in [-0.2, 0) is 41.7 Å². The number of anilines is 1. The number of aliphatic carboxylic acids is 2. The minimum atomic E-state index is -1.25. The number of hydrogen-bond acceptors (Lipinski definition) is 14.